The van der Waals surface area contributed by atoms with Crippen LogP contribution < -0.4 is 26.7 Å². The Morgan fingerprint density at radius 2 is 1.71 bits per heavy atom. The highest BCUT2D eigenvalue weighted by Crippen LogP contribution is 2.35. The molecule has 1 aliphatic rings. The summed E-state index contributed by atoms with van der Waals surface area (Å²) in [7, 11) is 0. The number of carbonyl (C=O) groups excluding carboxylic acids is 1. The minimum Gasteiger partial charge on any atom is -0.369 e. The highest BCUT2D eigenvalue weighted by Gasteiger charge is 2.31. The number of hydrogen-bond acceptors (Lipinski definition) is 6. The first-order valence-corrected chi connectivity index (χ1v) is 11.2. The number of carbonyl (C=O) groups is 1. The smallest absolute Gasteiger partial charge is 0.369 e. The number of amides is 1. The first-order valence-electron chi connectivity index (χ1n) is 11.2. The number of amidine groups is 1. The maximum absolute atomic E-state index is 12.9. The first kappa shape index (κ1) is 25.4. The number of hydrazone groups is 1. The van der Waals surface area contributed by atoms with Crippen LogP contribution in [-0.4, -0.2) is 31.0 Å². The Morgan fingerprint density at radius 1 is 1.06 bits per heavy atom. The van der Waals surface area contributed by atoms with Gasteiger partial charge in [-0.15, -0.1) is 10.6 Å². The molecule has 0 unspecified atom stereocenters. The van der Waals surface area contributed by atoms with E-state index in [2.05, 4.69) is 59.5 Å². The zero-order chi connectivity index (χ0) is 24.9. The second kappa shape index (κ2) is 10.8. The van der Waals surface area contributed by atoms with Gasteiger partial charge in [0.1, 0.15) is 6.42 Å². The molecular formula is C24H35F3N6O. The van der Waals surface area contributed by atoms with Gasteiger partial charge < -0.3 is 10.2 Å². The standard InChI is InChI=1S/C24H31F3N6O.2H2/c1-15(2)13-33(14-16(3)4)21-10-9-17(11-20(21)28-22(34)12-24(25,26)27)18-7-5-6-8-19(18)23-29-31-32-30-23;;/h5-11,15-16,31-32H,12-14H2,1-4H3,(H,28,34)(H,29,30);2*1H. The Morgan fingerprint density at radius 3 is 2.26 bits per heavy atom. The quantitative estimate of drug-likeness (QED) is 0.400. The Kier molecular flexibility index (Phi) is 8.03. The van der Waals surface area contributed by atoms with E-state index in [1.807, 2.05) is 36.4 Å². The molecule has 0 spiro atoms. The fourth-order valence-electron chi connectivity index (χ4n) is 3.88. The molecule has 3 rings (SSSR count). The van der Waals surface area contributed by atoms with Crippen molar-refractivity contribution in [3.8, 4) is 11.1 Å². The van der Waals surface area contributed by atoms with Gasteiger partial charge in [-0.1, -0.05) is 58.0 Å². The van der Waals surface area contributed by atoms with E-state index < -0.39 is 18.5 Å². The first-order chi connectivity index (χ1) is 16.0. The molecule has 4 N–H and O–H groups in total. The van der Waals surface area contributed by atoms with E-state index in [0.29, 0.717) is 42.1 Å². The summed E-state index contributed by atoms with van der Waals surface area (Å²) in [6.45, 7) is 9.73. The minimum absolute atomic E-state index is 0. The molecule has 0 atom stereocenters. The van der Waals surface area contributed by atoms with Gasteiger partial charge in [-0.05, 0) is 35.1 Å². The second-order valence-electron chi connectivity index (χ2n) is 9.13. The summed E-state index contributed by atoms with van der Waals surface area (Å²) in [6.07, 6.45) is -6.13. The van der Waals surface area contributed by atoms with Crippen molar-refractivity contribution in [2.75, 3.05) is 23.3 Å². The van der Waals surface area contributed by atoms with Crippen LogP contribution in [0, 0.1) is 11.8 Å². The van der Waals surface area contributed by atoms with Crippen LogP contribution in [0.4, 0.5) is 24.5 Å². The van der Waals surface area contributed by atoms with E-state index in [1.165, 1.54) is 0 Å². The number of anilines is 2. The molecule has 0 fully saturated rings. The fraction of sp³-hybridized carbons (Fsp3) is 0.417. The number of rotatable bonds is 9. The van der Waals surface area contributed by atoms with Crippen LogP contribution in [0.2, 0.25) is 0 Å². The molecule has 1 amide bonds. The lowest BCUT2D eigenvalue weighted by atomic mass is 9.97. The Balaban J connectivity index is 0.00000324. The highest BCUT2D eigenvalue weighted by atomic mass is 19.4. The molecule has 0 aliphatic carbocycles. The molecular weight excluding hydrogens is 445 g/mol. The highest BCUT2D eigenvalue weighted by molar-refractivity contribution is 6.05. The summed E-state index contributed by atoms with van der Waals surface area (Å²) in [5.74, 6) is 0.126. The van der Waals surface area contributed by atoms with E-state index in [-0.39, 0.29) is 2.85 Å². The predicted octanol–water partition coefficient (Wildman–Crippen LogP) is 5.13. The maximum atomic E-state index is 12.9. The molecule has 0 saturated heterocycles. The van der Waals surface area contributed by atoms with Gasteiger partial charge in [0.2, 0.25) is 5.91 Å². The molecule has 1 heterocycles. The van der Waals surface area contributed by atoms with Crippen LogP contribution in [0.1, 0.15) is 42.5 Å². The minimum atomic E-state index is -4.59. The summed E-state index contributed by atoms with van der Waals surface area (Å²) < 4.78 is 38.6. The van der Waals surface area contributed by atoms with Crippen molar-refractivity contribution in [2.45, 2.75) is 40.3 Å². The van der Waals surface area contributed by atoms with Crippen LogP contribution in [0.3, 0.4) is 0 Å². The van der Waals surface area contributed by atoms with Crippen LogP contribution in [0.25, 0.3) is 11.1 Å². The van der Waals surface area contributed by atoms with E-state index in [0.717, 1.165) is 16.7 Å². The molecule has 2 aromatic rings. The van der Waals surface area contributed by atoms with Crippen molar-refractivity contribution in [3.63, 3.8) is 0 Å². The molecule has 0 saturated carbocycles. The van der Waals surface area contributed by atoms with Crippen molar-refractivity contribution in [1.29, 1.82) is 0 Å². The van der Waals surface area contributed by atoms with Crippen molar-refractivity contribution < 1.29 is 20.8 Å². The topological polar surface area (TPSA) is 80.8 Å². The Labute approximate surface area is 200 Å². The van der Waals surface area contributed by atoms with Crippen LogP contribution in [0.5, 0.6) is 0 Å². The summed E-state index contributed by atoms with van der Waals surface area (Å²) >= 11 is 0. The van der Waals surface area contributed by atoms with Gasteiger partial charge >= 0.3 is 6.18 Å². The van der Waals surface area contributed by atoms with Crippen molar-refractivity contribution in [1.82, 2.24) is 16.5 Å². The fourth-order valence-corrected chi connectivity index (χ4v) is 3.88. The third-order valence-electron chi connectivity index (χ3n) is 5.04. The average molecular weight is 481 g/mol. The number of hydrazine groups is 2. The SMILES string of the molecule is CC(C)CN(CC(C)C)c1ccc(-c2ccccc2C2=NNNN2)cc1NC(=O)CC(F)(F)F.[HH].[HH]. The molecule has 0 bridgehead atoms. The third-order valence-corrected chi connectivity index (χ3v) is 5.04. The van der Waals surface area contributed by atoms with Gasteiger partial charge in [-0.25, -0.2) is 5.53 Å². The molecule has 0 radical (unpaired) electrons. The number of hydrogen-bond donors (Lipinski definition) is 4. The lowest BCUT2D eigenvalue weighted by molar-refractivity contribution is -0.150. The Hall–Kier alpha value is -3.27. The van der Waals surface area contributed by atoms with Gasteiger partial charge in [0.05, 0.1) is 11.4 Å². The van der Waals surface area contributed by atoms with Crippen molar-refractivity contribution in [3.05, 3.63) is 48.0 Å². The molecule has 188 valence electrons. The van der Waals surface area contributed by atoms with Gasteiger partial charge in [-0.2, -0.15) is 13.2 Å². The van der Waals surface area contributed by atoms with E-state index in [9.17, 15) is 18.0 Å². The van der Waals surface area contributed by atoms with E-state index in [4.69, 9.17) is 0 Å². The van der Waals surface area contributed by atoms with Gasteiger partial charge in [-0.3, -0.25) is 10.2 Å². The number of nitrogens with zero attached hydrogens (tertiary/aromatic N) is 2. The molecule has 2 aromatic carbocycles. The average Bonchev–Trinajstić information content (AvgIpc) is 3.26. The number of halogens is 3. The monoisotopic (exact) mass is 480 g/mol. The zero-order valence-corrected chi connectivity index (χ0v) is 19.8. The molecule has 7 nitrogen and oxygen atoms in total. The summed E-state index contributed by atoms with van der Waals surface area (Å²) in [5, 5.41) is 6.68. The normalized spacial score (nSPS) is 13.5. The van der Waals surface area contributed by atoms with Crippen LogP contribution in [0.15, 0.2) is 47.6 Å². The van der Waals surface area contributed by atoms with Gasteiger partial charge in [0.15, 0.2) is 5.84 Å². The Bertz CT molecular complexity index is 1040. The number of benzene rings is 2. The third kappa shape index (κ3) is 6.86. The van der Waals surface area contributed by atoms with Crippen molar-refractivity contribution >= 4 is 23.1 Å². The molecule has 0 aromatic heterocycles. The molecule has 1 aliphatic heterocycles. The summed E-state index contributed by atoms with van der Waals surface area (Å²) in [6, 6.07) is 13.0. The zero-order valence-electron chi connectivity index (χ0n) is 19.8. The number of nitrogens with one attached hydrogen (secondary N) is 4. The molecule has 34 heavy (non-hydrogen) atoms. The largest absolute Gasteiger partial charge is 0.397 e. The number of alkyl halides is 3. The van der Waals surface area contributed by atoms with Gasteiger partial charge in [0.25, 0.3) is 0 Å². The lowest BCUT2D eigenvalue weighted by Crippen LogP contribution is -2.35. The predicted molar refractivity (Wildman–Crippen MR) is 133 cm³/mol. The van der Waals surface area contributed by atoms with Crippen LogP contribution in [-0.2, 0) is 4.79 Å². The van der Waals surface area contributed by atoms with Gasteiger partial charge in [0, 0.05) is 21.5 Å². The van der Waals surface area contributed by atoms with E-state index >= 15 is 0 Å². The van der Waals surface area contributed by atoms with E-state index in [1.54, 1.807) is 6.07 Å². The lowest BCUT2D eigenvalue weighted by Gasteiger charge is -2.31. The molecule has 10 heteroatoms. The van der Waals surface area contributed by atoms with Crippen molar-refractivity contribution in [2.24, 2.45) is 16.9 Å². The summed E-state index contributed by atoms with van der Waals surface area (Å²) in [5.41, 5.74) is 11.6. The summed E-state index contributed by atoms with van der Waals surface area (Å²) in [4.78, 5) is 14.4. The second-order valence-corrected chi connectivity index (χ2v) is 9.13. The maximum Gasteiger partial charge on any atom is 0.397 e. The van der Waals surface area contributed by atoms with Crippen LogP contribution >= 0.6 is 0 Å².